The number of benzene rings is 1. The van der Waals surface area contributed by atoms with E-state index in [9.17, 15) is 8.42 Å². The van der Waals surface area contributed by atoms with Gasteiger partial charge in [-0.3, -0.25) is 0 Å². The molecule has 0 saturated heterocycles. The molecule has 0 radical (unpaired) electrons. The summed E-state index contributed by atoms with van der Waals surface area (Å²) < 4.78 is 25.3. The van der Waals surface area contributed by atoms with Crippen LogP contribution in [0.25, 0.3) is 0 Å². The first-order valence-electron chi connectivity index (χ1n) is 3.75. The molecular weight excluding hydrogens is 222 g/mol. The van der Waals surface area contributed by atoms with Crippen molar-refractivity contribution in [3.05, 3.63) is 29.3 Å². The Hall–Kier alpha value is -1.02. The average Bonchev–Trinajstić information content (AvgIpc) is 2.15. The monoisotopic (exact) mass is 229 g/mol. The number of nitrogens with one attached hydrogen (secondary N) is 1. The fourth-order valence-electron chi connectivity index (χ4n) is 0.877. The zero-order valence-corrected chi connectivity index (χ0v) is 8.77. The molecule has 0 aliphatic heterocycles. The summed E-state index contributed by atoms with van der Waals surface area (Å²) in [5.41, 5.74) is 0. The van der Waals surface area contributed by atoms with Gasteiger partial charge in [0.1, 0.15) is 4.90 Å². The normalized spacial score (nSPS) is 10.9. The largest absolute Gasteiger partial charge is 0.242 e. The molecule has 0 spiro atoms. The van der Waals surface area contributed by atoms with Gasteiger partial charge in [-0.2, -0.15) is 4.72 Å². The maximum atomic E-state index is 11.5. The molecule has 0 bridgehead atoms. The second kappa shape index (κ2) is 4.47. The Bertz CT molecular complexity index is 462. The van der Waals surface area contributed by atoms with Crippen LogP contribution in [-0.4, -0.2) is 15.0 Å². The van der Waals surface area contributed by atoms with E-state index in [1.807, 2.05) is 0 Å². The van der Waals surface area contributed by atoms with Gasteiger partial charge in [0.25, 0.3) is 0 Å². The fourth-order valence-corrected chi connectivity index (χ4v) is 2.33. The third-order valence-corrected chi connectivity index (χ3v) is 3.39. The van der Waals surface area contributed by atoms with Crippen LogP contribution in [0.1, 0.15) is 0 Å². The van der Waals surface area contributed by atoms with Crippen molar-refractivity contribution >= 4 is 21.6 Å². The lowest BCUT2D eigenvalue weighted by Gasteiger charge is -2.04. The minimum atomic E-state index is -3.58. The quantitative estimate of drug-likeness (QED) is 0.793. The third kappa shape index (κ3) is 2.48. The van der Waals surface area contributed by atoms with E-state index in [-0.39, 0.29) is 16.5 Å². The molecule has 0 saturated carbocycles. The van der Waals surface area contributed by atoms with Gasteiger partial charge in [0, 0.05) is 0 Å². The minimum Gasteiger partial charge on any atom is -0.207 e. The molecule has 0 aromatic heterocycles. The van der Waals surface area contributed by atoms with Gasteiger partial charge < -0.3 is 0 Å². The SMILES string of the molecule is C#CCNS(=O)(=O)c1ccccc1Cl. The predicted molar refractivity (Wildman–Crippen MR) is 55.5 cm³/mol. The van der Waals surface area contributed by atoms with Crippen molar-refractivity contribution in [3.63, 3.8) is 0 Å². The summed E-state index contributed by atoms with van der Waals surface area (Å²) in [7, 11) is -3.58. The molecule has 0 aliphatic carbocycles. The maximum absolute atomic E-state index is 11.5. The van der Waals surface area contributed by atoms with Gasteiger partial charge in [-0.15, -0.1) is 6.42 Å². The minimum absolute atomic E-state index is 0.0388. The van der Waals surface area contributed by atoms with Gasteiger partial charge in [-0.1, -0.05) is 29.7 Å². The second-order valence-corrected chi connectivity index (χ2v) is 4.60. The van der Waals surface area contributed by atoms with Crippen molar-refractivity contribution in [3.8, 4) is 12.3 Å². The van der Waals surface area contributed by atoms with Gasteiger partial charge in [0.05, 0.1) is 11.6 Å². The van der Waals surface area contributed by atoms with Crippen molar-refractivity contribution in [2.45, 2.75) is 4.90 Å². The van der Waals surface area contributed by atoms with Crippen LogP contribution < -0.4 is 4.72 Å². The number of terminal acetylenes is 1. The van der Waals surface area contributed by atoms with Gasteiger partial charge in [-0.25, -0.2) is 8.42 Å². The predicted octanol–water partition coefficient (Wildman–Crippen LogP) is 1.25. The van der Waals surface area contributed by atoms with Crippen LogP contribution >= 0.6 is 11.6 Å². The van der Waals surface area contributed by atoms with Crippen molar-refractivity contribution < 1.29 is 8.42 Å². The zero-order chi connectivity index (χ0) is 10.6. The highest BCUT2D eigenvalue weighted by Crippen LogP contribution is 2.19. The van der Waals surface area contributed by atoms with Crippen LogP contribution in [0.3, 0.4) is 0 Å². The Balaban J connectivity index is 3.06. The van der Waals surface area contributed by atoms with E-state index in [0.717, 1.165) is 0 Å². The van der Waals surface area contributed by atoms with Crippen LogP contribution in [0.2, 0.25) is 5.02 Å². The Labute approximate surface area is 88.1 Å². The summed E-state index contributed by atoms with van der Waals surface area (Å²) in [6.07, 6.45) is 4.94. The molecule has 74 valence electrons. The van der Waals surface area contributed by atoms with E-state index >= 15 is 0 Å². The van der Waals surface area contributed by atoms with E-state index < -0.39 is 10.0 Å². The van der Waals surface area contributed by atoms with Gasteiger partial charge in [-0.05, 0) is 12.1 Å². The molecule has 1 aromatic rings. The Morgan fingerprint density at radius 2 is 2.07 bits per heavy atom. The van der Waals surface area contributed by atoms with Crippen LogP contribution in [0, 0.1) is 12.3 Å². The van der Waals surface area contributed by atoms with Gasteiger partial charge >= 0.3 is 0 Å². The van der Waals surface area contributed by atoms with Crippen molar-refractivity contribution in [1.82, 2.24) is 4.72 Å². The summed E-state index contributed by atoms with van der Waals surface area (Å²) in [6.45, 7) is -0.0481. The molecule has 5 heteroatoms. The highest BCUT2D eigenvalue weighted by molar-refractivity contribution is 7.89. The van der Waals surface area contributed by atoms with E-state index in [1.165, 1.54) is 12.1 Å². The lowest BCUT2D eigenvalue weighted by atomic mass is 10.4. The van der Waals surface area contributed by atoms with Crippen molar-refractivity contribution in [1.29, 1.82) is 0 Å². The van der Waals surface area contributed by atoms with E-state index in [4.69, 9.17) is 18.0 Å². The van der Waals surface area contributed by atoms with Crippen LogP contribution in [0.4, 0.5) is 0 Å². The van der Waals surface area contributed by atoms with Crippen LogP contribution in [0.15, 0.2) is 29.2 Å². The molecule has 14 heavy (non-hydrogen) atoms. The first kappa shape index (κ1) is 11.1. The Kier molecular flexibility index (Phi) is 3.53. The second-order valence-electron chi connectivity index (χ2n) is 2.46. The Morgan fingerprint density at radius 3 is 2.64 bits per heavy atom. The van der Waals surface area contributed by atoms with E-state index in [0.29, 0.717) is 0 Å². The summed E-state index contributed by atoms with van der Waals surface area (Å²) in [5.74, 6) is 2.18. The van der Waals surface area contributed by atoms with Crippen molar-refractivity contribution in [2.75, 3.05) is 6.54 Å². The maximum Gasteiger partial charge on any atom is 0.242 e. The highest BCUT2D eigenvalue weighted by Gasteiger charge is 2.15. The molecule has 0 fully saturated rings. The Morgan fingerprint density at radius 1 is 1.43 bits per heavy atom. The molecular formula is C9H8ClNO2S. The number of rotatable bonds is 3. The van der Waals surface area contributed by atoms with E-state index in [2.05, 4.69) is 10.6 Å². The first-order valence-corrected chi connectivity index (χ1v) is 5.61. The molecule has 0 aliphatic rings. The third-order valence-electron chi connectivity index (χ3n) is 1.49. The number of hydrogen-bond acceptors (Lipinski definition) is 2. The standard InChI is InChI=1S/C9H8ClNO2S/c1-2-7-11-14(12,13)9-6-4-3-5-8(9)10/h1,3-6,11H,7H2. The van der Waals surface area contributed by atoms with Crippen molar-refractivity contribution in [2.24, 2.45) is 0 Å². The molecule has 0 unspecified atom stereocenters. The topological polar surface area (TPSA) is 46.2 Å². The lowest BCUT2D eigenvalue weighted by molar-refractivity contribution is 0.586. The molecule has 0 amide bonds. The van der Waals surface area contributed by atoms with Crippen LogP contribution in [0.5, 0.6) is 0 Å². The molecule has 1 aromatic carbocycles. The molecule has 0 atom stereocenters. The van der Waals surface area contributed by atoms with Gasteiger partial charge in [0.15, 0.2) is 0 Å². The first-order chi connectivity index (χ1) is 6.58. The van der Waals surface area contributed by atoms with E-state index in [1.54, 1.807) is 12.1 Å². The molecule has 1 rings (SSSR count). The van der Waals surface area contributed by atoms with Crippen LogP contribution in [-0.2, 0) is 10.0 Å². The number of sulfonamides is 1. The summed E-state index contributed by atoms with van der Waals surface area (Å²) in [4.78, 5) is 0.0388. The zero-order valence-electron chi connectivity index (χ0n) is 7.20. The molecule has 3 nitrogen and oxygen atoms in total. The fraction of sp³-hybridized carbons (Fsp3) is 0.111. The highest BCUT2D eigenvalue weighted by atomic mass is 35.5. The lowest BCUT2D eigenvalue weighted by Crippen LogP contribution is -2.24. The van der Waals surface area contributed by atoms with Gasteiger partial charge in [0.2, 0.25) is 10.0 Å². The number of hydrogen-bond donors (Lipinski definition) is 1. The summed E-state index contributed by atoms with van der Waals surface area (Å²) in [6, 6.07) is 6.17. The smallest absolute Gasteiger partial charge is 0.207 e. The summed E-state index contributed by atoms with van der Waals surface area (Å²) >= 11 is 5.72. The molecule has 1 N–H and O–H groups in total. The number of halogens is 1. The summed E-state index contributed by atoms with van der Waals surface area (Å²) in [5, 5.41) is 0.178. The molecule has 0 heterocycles. The average molecular weight is 230 g/mol.